The second-order valence-electron chi connectivity index (χ2n) is 5.56. The maximum atomic E-state index is 12.7. The van der Waals surface area contributed by atoms with Crippen LogP contribution >= 0.6 is 0 Å². The van der Waals surface area contributed by atoms with E-state index < -0.39 is 0 Å². The molecule has 1 atom stereocenters. The molecular formula is C17H19N3O3. The van der Waals surface area contributed by atoms with Crippen molar-refractivity contribution in [3.8, 4) is 5.75 Å². The average molecular weight is 313 g/mol. The van der Waals surface area contributed by atoms with Gasteiger partial charge in [0, 0.05) is 24.0 Å². The fraction of sp³-hybridized carbons (Fsp3) is 0.353. The Hall–Kier alpha value is -2.63. The molecule has 1 aromatic carbocycles. The Morgan fingerprint density at radius 3 is 3.00 bits per heavy atom. The number of likely N-dealkylation sites (tertiary alicyclic amines) is 1. The molecule has 0 aliphatic carbocycles. The number of H-pyrrole nitrogens is 1. The fourth-order valence-corrected chi connectivity index (χ4v) is 3.08. The molecule has 120 valence electrons. The van der Waals surface area contributed by atoms with Gasteiger partial charge in [0.1, 0.15) is 5.75 Å². The Labute approximate surface area is 134 Å². The Morgan fingerprint density at radius 2 is 2.22 bits per heavy atom. The smallest absolute Gasteiger partial charge is 0.345 e. The maximum absolute atomic E-state index is 12.7. The van der Waals surface area contributed by atoms with Crippen LogP contribution in [-0.2, 0) is 11.2 Å². The van der Waals surface area contributed by atoms with Gasteiger partial charge in [0.25, 0.3) is 0 Å². The van der Waals surface area contributed by atoms with Crippen LogP contribution in [0, 0.1) is 0 Å². The van der Waals surface area contributed by atoms with Crippen molar-refractivity contribution >= 4 is 5.91 Å². The molecule has 6 nitrogen and oxygen atoms in total. The third-order valence-electron chi connectivity index (χ3n) is 4.16. The van der Waals surface area contributed by atoms with Gasteiger partial charge in [-0.25, -0.2) is 9.78 Å². The Kier molecular flexibility index (Phi) is 4.41. The normalized spacial score (nSPS) is 17.3. The monoisotopic (exact) mass is 313 g/mol. The first-order valence-corrected chi connectivity index (χ1v) is 7.65. The summed E-state index contributed by atoms with van der Waals surface area (Å²) >= 11 is 0. The number of hydrogen-bond donors (Lipinski definition) is 1. The first kappa shape index (κ1) is 15.3. The van der Waals surface area contributed by atoms with E-state index in [-0.39, 0.29) is 24.1 Å². The van der Waals surface area contributed by atoms with E-state index in [4.69, 9.17) is 4.74 Å². The van der Waals surface area contributed by atoms with Crippen LogP contribution in [0.25, 0.3) is 0 Å². The molecule has 23 heavy (non-hydrogen) atoms. The molecule has 1 aliphatic heterocycles. The summed E-state index contributed by atoms with van der Waals surface area (Å²) < 4.78 is 5.31. The van der Waals surface area contributed by atoms with Gasteiger partial charge in [-0.3, -0.25) is 4.79 Å². The number of hydrogen-bond acceptors (Lipinski definition) is 4. The zero-order valence-corrected chi connectivity index (χ0v) is 13.0. The van der Waals surface area contributed by atoms with Crippen molar-refractivity contribution in [1.82, 2.24) is 14.9 Å². The van der Waals surface area contributed by atoms with Gasteiger partial charge in [-0.15, -0.1) is 0 Å². The number of methoxy groups -OCH3 is 1. The number of amides is 1. The Morgan fingerprint density at radius 1 is 1.39 bits per heavy atom. The highest BCUT2D eigenvalue weighted by Gasteiger charge is 2.30. The third-order valence-corrected chi connectivity index (χ3v) is 4.16. The van der Waals surface area contributed by atoms with Gasteiger partial charge < -0.3 is 14.6 Å². The summed E-state index contributed by atoms with van der Waals surface area (Å²) in [6.07, 6.45) is 3.54. The second-order valence-corrected chi connectivity index (χ2v) is 5.56. The zero-order chi connectivity index (χ0) is 16.2. The summed E-state index contributed by atoms with van der Waals surface area (Å²) in [5, 5.41) is 0. The van der Waals surface area contributed by atoms with Crippen molar-refractivity contribution in [2.75, 3.05) is 13.7 Å². The van der Waals surface area contributed by atoms with Gasteiger partial charge >= 0.3 is 5.69 Å². The van der Waals surface area contributed by atoms with E-state index >= 15 is 0 Å². The molecule has 2 heterocycles. The predicted molar refractivity (Wildman–Crippen MR) is 85.2 cm³/mol. The molecule has 1 N–H and O–H groups in total. The maximum Gasteiger partial charge on any atom is 0.345 e. The number of nitrogens with one attached hydrogen (secondary N) is 1. The third kappa shape index (κ3) is 3.26. The molecule has 1 saturated heterocycles. The van der Waals surface area contributed by atoms with Crippen molar-refractivity contribution in [1.29, 1.82) is 0 Å². The number of ether oxygens (including phenoxy) is 1. The Bertz CT molecular complexity index is 756. The van der Waals surface area contributed by atoms with Crippen LogP contribution in [0.1, 0.15) is 30.1 Å². The Balaban J connectivity index is 1.80. The summed E-state index contributed by atoms with van der Waals surface area (Å²) in [4.78, 5) is 32.3. The number of carbonyl (C=O) groups is 1. The van der Waals surface area contributed by atoms with Crippen molar-refractivity contribution < 1.29 is 9.53 Å². The standard InChI is InChI=1S/C17H19N3O3/c1-23-15-7-3-2-5-12(15)11-16(21)20-10-4-6-14(20)13-8-9-18-17(22)19-13/h2-3,5,7-9,14H,4,6,10-11H2,1H3,(H,18,19,22)/t14-/m1/s1. The van der Waals surface area contributed by atoms with E-state index in [1.54, 1.807) is 13.2 Å². The van der Waals surface area contributed by atoms with E-state index in [2.05, 4.69) is 9.97 Å². The summed E-state index contributed by atoms with van der Waals surface area (Å²) in [5.41, 5.74) is 1.23. The minimum Gasteiger partial charge on any atom is -0.496 e. The number of para-hydroxylation sites is 1. The lowest BCUT2D eigenvalue weighted by Gasteiger charge is -2.25. The molecule has 1 aliphatic rings. The number of aromatic nitrogens is 2. The largest absolute Gasteiger partial charge is 0.496 e. The quantitative estimate of drug-likeness (QED) is 0.932. The van der Waals surface area contributed by atoms with Crippen LogP contribution in [0.4, 0.5) is 0 Å². The first-order chi connectivity index (χ1) is 11.2. The average Bonchev–Trinajstić information content (AvgIpc) is 3.05. The molecule has 0 spiro atoms. The molecule has 3 rings (SSSR count). The topological polar surface area (TPSA) is 75.3 Å². The zero-order valence-electron chi connectivity index (χ0n) is 13.0. The van der Waals surface area contributed by atoms with E-state index in [0.717, 1.165) is 24.1 Å². The molecule has 0 saturated carbocycles. The lowest BCUT2D eigenvalue weighted by Crippen LogP contribution is -2.33. The van der Waals surface area contributed by atoms with Gasteiger partial charge in [0.15, 0.2) is 0 Å². The van der Waals surface area contributed by atoms with E-state index in [1.807, 2.05) is 29.2 Å². The van der Waals surface area contributed by atoms with Gasteiger partial charge in [-0.05, 0) is 25.0 Å². The summed E-state index contributed by atoms with van der Waals surface area (Å²) in [7, 11) is 1.60. The molecular weight excluding hydrogens is 294 g/mol. The van der Waals surface area contributed by atoms with Crippen molar-refractivity contribution in [2.45, 2.75) is 25.3 Å². The molecule has 0 radical (unpaired) electrons. The molecule has 0 unspecified atom stereocenters. The highest BCUT2D eigenvalue weighted by atomic mass is 16.5. The molecule has 6 heteroatoms. The molecule has 1 aromatic heterocycles. The van der Waals surface area contributed by atoms with Crippen LogP contribution < -0.4 is 10.4 Å². The van der Waals surface area contributed by atoms with Crippen LogP contribution in [0.15, 0.2) is 41.3 Å². The lowest BCUT2D eigenvalue weighted by molar-refractivity contribution is -0.131. The first-order valence-electron chi connectivity index (χ1n) is 7.65. The van der Waals surface area contributed by atoms with Crippen LogP contribution in [-0.4, -0.2) is 34.4 Å². The summed E-state index contributed by atoms with van der Waals surface area (Å²) in [6, 6.07) is 9.20. The van der Waals surface area contributed by atoms with E-state index in [0.29, 0.717) is 12.3 Å². The van der Waals surface area contributed by atoms with Crippen molar-refractivity contribution in [2.24, 2.45) is 0 Å². The van der Waals surface area contributed by atoms with Crippen LogP contribution in [0.2, 0.25) is 0 Å². The predicted octanol–water partition coefficient (Wildman–Crippen LogP) is 1.68. The second kappa shape index (κ2) is 6.64. The van der Waals surface area contributed by atoms with E-state index in [1.165, 1.54) is 6.20 Å². The van der Waals surface area contributed by atoms with Gasteiger partial charge in [-0.1, -0.05) is 18.2 Å². The van der Waals surface area contributed by atoms with Crippen molar-refractivity contribution in [3.63, 3.8) is 0 Å². The lowest BCUT2D eigenvalue weighted by atomic mass is 10.1. The SMILES string of the molecule is COc1ccccc1CC(=O)N1CCC[C@@H]1c1ccnc(=O)[nH]1. The highest BCUT2D eigenvalue weighted by molar-refractivity contribution is 5.80. The van der Waals surface area contributed by atoms with Gasteiger partial charge in [-0.2, -0.15) is 0 Å². The van der Waals surface area contributed by atoms with Crippen LogP contribution in [0.3, 0.4) is 0 Å². The molecule has 0 bridgehead atoms. The summed E-state index contributed by atoms with van der Waals surface area (Å²) in [6.45, 7) is 0.697. The summed E-state index contributed by atoms with van der Waals surface area (Å²) in [5.74, 6) is 0.753. The number of carbonyl (C=O) groups excluding carboxylic acids is 1. The molecule has 1 amide bonds. The minimum atomic E-state index is -0.383. The highest BCUT2D eigenvalue weighted by Crippen LogP contribution is 2.31. The van der Waals surface area contributed by atoms with Crippen molar-refractivity contribution in [3.05, 3.63) is 58.3 Å². The molecule has 2 aromatic rings. The number of aromatic amines is 1. The number of nitrogens with zero attached hydrogens (tertiary/aromatic N) is 2. The van der Waals surface area contributed by atoms with Crippen LogP contribution in [0.5, 0.6) is 5.75 Å². The number of rotatable bonds is 4. The van der Waals surface area contributed by atoms with Gasteiger partial charge in [0.05, 0.1) is 19.6 Å². The van der Waals surface area contributed by atoms with E-state index in [9.17, 15) is 9.59 Å². The fourth-order valence-electron chi connectivity index (χ4n) is 3.08. The number of benzene rings is 1. The van der Waals surface area contributed by atoms with Gasteiger partial charge in [0.2, 0.25) is 5.91 Å². The molecule has 1 fully saturated rings. The minimum absolute atomic E-state index is 0.0367.